The van der Waals surface area contributed by atoms with Crippen LogP contribution in [0, 0.1) is 0 Å². The fraction of sp³-hybridized carbons (Fsp3) is 0.974. The van der Waals surface area contributed by atoms with Crippen LogP contribution in [0.3, 0.4) is 0 Å². The number of aliphatic hydroxyl groups excluding tert-OH is 2. The van der Waals surface area contributed by atoms with Gasteiger partial charge in [0.1, 0.15) is 0 Å². The first-order chi connectivity index (χ1) is 40.5. The number of aliphatic hydroxyl groups is 2. The van der Waals surface area contributed by atoms with Crippen LogP contribution in [-0.2, 0) is 14.3 Å². The van der Waals surface area contributed by atoms with E-state index in [2.05, 4.69) is 19.2 Å². The standard InChI is InChI=1S/C76H151NO5/c1-3-5-7-9-11-13-15-17-19-21-33-38-42-46-50-54-58-62-66-70-76(81)82-71-67-63-59-55-51-47-43-39-35-32-30-28-26-24-23-25-27-29-31-34-37-41-45-49-53-57-61-65-69-75(80)77-73(72-78)74(79)68-64-60-56-52-48-44-40-36-22-20-18-16-14-12-10-8-6-4-2/h73-74,78-79H,3-72H2,1-2H3,(H,77,80). The van der Waals surface area contributed by atoms with E-state index in [0.29, 0.717) is 25.9 Å². The summed E-state index contributed by atoms with van der Waals surface area (Å²) < 4.78 is 5.52. The minimum absolute atomic E-state index is 0.0252. The van der Waals surface area contributed by atoms with Gasteiger partial charge in [0.15, 0.2) is 0 Å². The van der Waals surface area contributed by atoms with Crippen LogP contribution in [0.25, 0.3) is 0 Å². The van der Waals surface area contributed by atoms with Crippen LogP contribution in [0.4, 0.5) is 0 Å². The zero-order valence-electron chi connectivity index (χ0n) is 56.3. The number of esters is 1. The zero-order valence-corrected chi connectivity index (χ0v) is 56.3. The molecule has 2 unspecified atom stereocenters. The highest BCUT2D eigenvalue weighted by molar-refractivity contribution is 5.76. The largest absolute Gasteiger partial charge is 0.466 e. The molecule has 0 radical (unpaired) electrons. The first-order valence-electron chi connectivity index (χ1n) is 38.3. The van der Waals surface area contributed by atoms with Crippen LogP contribution >= 0.6 is 0 Å². The molecule has 3 N–H and O–H groups in total. The maximum atomic E-state index is 12.5. The Morgan fingerprint density at radius 2 is 0.500 bits per heavy atom. The van der Waals surface area contributed by atoms with Gasteiger partial charge < -0.3 is 20.3 Å². The summed E-state index contributed by atoms with van der Waals surface area (Å²) in [5, 5.41) is 23.4. The van der Waals surface area contributed by atoms with Crippen molar-refractivity contribution in [2.24, 2.45) is 0 Å². The summed E-state index contributed by atoms with van der Waals surface area (Å²) in [6, 6.07) is -0.538. The van der Waals surface area contributed by atoms with Gasteiger partial charge in [0.2, 0.25) is 5.91 Å². The smallest absolute Gasteiger partial charge is 0.305 e. The normalized spacial score (nSPS) is 12.4. The molecular formula is C76H151NO5. The average Bonchev–Trinajstić information content (AvgIpc) is 3.48. The third-order valence-corrected chi connectivity index (χ3v) is 18.4. The van der Waals surface area contributed by atoms with Crippen LogP contribution in [0.2, 0.25) is 0 Å². The third kappa shape index (κ3) is 68.0. The van der Waals surface area contributed by atoms with Gasteiger partial charge in [0, 0.05) is 12.8 Å². The first kappa shape index (κ1) is 80.9. The summed E-state index contributed by atoms with van der Waals surface area (Å²) in [6.07, 6.45) is 88.9. The summed E-state index contributed by atoms with van der Waals surface area (Å²) >= 11 is 0. The van der Waals surface area contributed by atoms with Crippen molar-refractivity contribution < 1.29 is 24.5 Å². The highest BCUT2D eigenvalue weighted by Gasteiger charge is 2.20. The lowest BCUT2D eigenvalue weighted by Gasteiger charge is -2.22. The molecule has 0 saturated carbocycles. The molecule has 2 atom stereocenters. The van der Waals surface area contributed by atoms with Crippen molar-refractivity contribution in [2.75, 3.05) is 13.2 Å². The SMILES string of the molecule is CCCCCCCCCCCCCCCCCCCCCC(=O)OCCCCCCCCCCCCCCCCCCCCCCCCCCCCCCC(=O)NC(CO)C(O)CCCCCCCCCCCCCCCCCCCC. The van der Waals surface area contributed by atoms with Gasteiger partial charge in [0.25, 0.3) is 0 Å². The van der Waals surface area contributed by atoms with E-state index in [1.165, 1.54) is 379 Å². The summed E-state index contributed by atoms with van der Waals surface area (Å²) in [5.74, 6) is -0.00143. The Kier molecular flexibility index (Phi) is 71.3. The zero-order chi connectivity index (χ0) is 59.2. The summed E-state index contributed by atoms with van der Waals surface area (Å²) in [6.45, 7) is 5.02. The molecule has 0 aliphatic carbocycles. The molecule has 0 heterocycles. The number of ether oxygens (including phenoxy) is 1. The number of hydrogen-bond donors (Lipinski definition) is 3. The molecule has 0 fully saturated rings. The number of nitrogens with one attached hydrogen (secondary N) is 1. The highest BCUT2D eigenvalue weighted by Crippen LogP contribution is 2.20. The Labute approximate surface area is 515 Å². The van der Waals surface area contributed by atoms with E-state index in [4.69, 9.17) is 4.74 Å². The van der Waals surface area contributed by atoms with Crippen molar-refractivity contribution in [2.45, 2.75) is 463 Å². The minimum Gasteiger partial charge on any atom is -0.466 e. The summed E-state index contributed by atoms with van der Waals surface area (Å²) in [7, 11) is 0. The highest BCUT2D eigenvalue weighted by atomic mass is 16.5. The van der Waals surface area contributed by atoms with Crippen molar-refractivity contribution >= 4 is 11.9 Å². The van der Waals surface area contributed by atoms with Gasteiger partial charge in [-0.1, -0.05) is 412 Å². The molecule has 0 aliphatic heterocycles. The Bertz CT molecular complexity index is 1200. The summed E-state index contributed by atoms with van der Waals surface area (Å²) in [5.41, 5.74) is 0. The van der Waals surface area contributed by atoms with Gasteiger partial charge >= 0.3 is 5.97 Å². The molecule has 0 aliphatic rings. The van der Waals surface area contributed by atoms with Crippen LogP contribution in [-0.4, -0.2) is 47.4 Å². The lowest BCUT2D eigenvalue weighted by Crippen LogP contribution is -2.45. The number of unbranched alkanes of at least 4 members (excludes halogenated alkanes) is 62. The number of carbonyl (C=O) groups is 2. The number of carbonyl (C=O) groups excluding carboxylic acids is 2. The topological polar surface area (TPSA) is 95.9 Å². The molecule has 0 saturated heterocycles. The number of amides is 1. The van der Waals surface area contributed by atoms with E-state index in [-0.39, 0.29) is 18.5 Å². The van der Waals surface area contributed by atoms with Gasteiger partial charge in [-0.15, -0.1) is 0 Å². The molecular weight excluding hydrogens is 1010 g/mol. The molecule has 82 heavy (non-hydrogen) atoms. The summed E-state index contributed by atoms with van der Waals surface area (Å²) in [4.78, 5) is 24.7. The van der Waals surface area contributed by atoms with Crippen molar-refractivity contribution in [1.29, 1.82) is 0 Å². The van der Waals surface area contributed by atoms with Crippen molar-refractivity contribution in [3.8, 4) is 0 Å². The molecule has 6 heteroatoms. The van der Waals surface area contributed by atoms with Gasteiger partial charge in [-0.2, -0.15) is 0 Å². The molecule has 0 rings (SSSR count). The molecule has 0 aromatic rings. The fourth-order valence-electron chi connectivity index (χ4n) is 12.6. The van der Waals surface area contributed by atoms with E-state index in [9.17, 15) is 19.8 Å². The Morgan fingerprint density at radius 1 is 0.293 bits per heavy atom. The second kappa shape index (κ2) is 72.3. The number of rotatable bonds is 73. The monoisotopic (exact) mass is 1160 g/mol. The fourth-order valence-corrected chi connectivity index (χ4v) is 12.6. The van der Waals surface area contributed by atoms with Gasteiger partial charge in [-0.3, -0.25) is 9.59 Å². The quantitative estimate of drug-likeness (QED) is 0.0417. The van der Waals surface area contributed by atoms with Gasteiger partial charge in [0.05, 0.1) is 25.4 Å². The predicted molar refractivity (Wildman–Crippen MR) is 361 cm³/mol. The molecule has 1 amide bonds. The molecule has 6 nitrogen and oxygen atoms in total. The molecule has 0 bridgehead atoms. The van der Waals surface area contributed by atoms with Crippen LogP contribution < -0.4 is 5.32 Å². The van der Waals surface area contributed by atoms with Gasteiger partial charge in [-0.05, 0) is 25.7 Å². The maximum Gasteiger partial charge on any atom is 0.305 e. The number of hydrogen-bond acceptors (Lipinski definition) is 5. The van der Waals surface area contributed by atoms with E-state index >= 15 is 0 Å². The van der Waals surface area contributed by atoms with Crippen LogP contribution in [0.15, 0.2) is 0 Å². The Hall–Kier alpha value is -1.14. The second-order valence-corrected chi connectivity index (χ2v) is 26.7. The lowest BCUT2D eigenvalue weighted by atomic mass is 10.0. The van der Waals surface area contributed by atoms with E-state index in [0.717, 1.165) is 38.5 Å². The molecule has 490 valence electrons. The van der Waals surface area contributed by atoms with E-state index < -0.39 is 12.1 Å². The third-order valence-electron chi connectivity index (χ3n) is 18.4. The molecule has 0 aromatic carbocycles. The maximum absolute atomic E-state index is 12.5. The van der Waals surface area contributed by atoms with Crippen LogP contribution in [0.5, 0.6) is 0 Å². The Balaban J connectivity index is 3.31. The second-order valence-electron chi connectivity index (χ2n) is 26.7. The lowest BCUT2D eigenvalue weighted by molar-refractivity contribution is -0.143. The predicted octanol–water partition coefficient (Wildman–Crippen LogP) is 24.9. The van der Waals surface area contributed by atoms with Crippen molar-refractivity contribution in [3.05, 3.63) is 0 Å². The van der Waals surface area contributed by atoms with Gasteiger partial charge in [-0.25, -0.2) is 0 Å². The van der Waals surface area contributed by atoms with Crippen molar-refractivity contribution in [3.63, 3.8) is 0 Å². The first-order valence-corrected chi connectivity index (χ1v) is 38.3. The van der Waals surface area contributed by atoms with Crippen LogP contribution in [0.1, 0.15) is 450 Å². The molecule has 0 aromatic heterocycles. The average molecular weight is 1160 g/mol. The minimum atomic E-state index is -0.662. The van der Waals surface area contributed by atoms with E-state index in [1.54, 1.807) is 0 Å². The van der Waals surface area contributed by atoms with E-state index in [1.807, 2.05) is 0 Å². The molecule has 0 spiro atoms. The Morgan fingerprint density at radius 3 is 0.744 bits per heavy atom. The van der Waals surface area contributed by atoms with Crippen molar-refractivity contribution in [1.82, 2.24) is 5.32 Å².